The van der Waals surface area contributed by atoms with Crippen molar-refractivity contribution in [2.45, 2.75) is 39.0 Å². The van der Waals surface area contributed by atoms with Gasteiger partial charge in [-0.1, -0.05) is 12.1 Å². The molecule has 0 aromatic carbocycles. The number of aryl methyl sites for hydroxylation is 1. The molecule has 2 rings (SSSR count). The van der Waals surface area contributed by atoms with E-state index in [9.17, 15) is 0 Å². The van der Waals surface area contributed by atoms with E-state index in [0.29, 0.717) is 19.0 Å². The van der Waals surface area contributed by atoms with Crippen LogP contribution >= 0.6 is 0 Å². The van der Waals surface area contributed by atoms with Crippen LogP contribution in [-0.2, 0) is 17.7 Å². The van der Waals surface area contributed by atoms with Crippen molar-refractivity contribution in [2.75, 3.05) is 19.7 Å². The summed E-state index contributed by atoms with van der Waals surface area (Å²) < 4.78 is 10.7. The highest BCUT2D eigenvalue weighted by Crippen LogP contribution is 2.10. The molecule has 0 saturated carbocycles. The highest BCUT2D eigenvalue weighted by Gasteiger charge is 2.24. The van der Waals surface area contributed by atoms with Gasteiger partial charge in [0.05, 0.1) is 19.3 Å². The molecule has 2 atom stereocenters. The van der Waals surface area contributed by atoms with Crippen molar-refractivity contribution < 1.29 is 9.26 Å². The maximum atomic E-state index is 5.85. The molecule has 1 aliphatic heterocycles. The average molecular weight is 240 g/mol. The Bertz CT molecular complexity index is 353. The summed E-state index contributed by atoms with van der Waals surface area (Å²) in [7, 11) is 0. The first-order chi connectivity index (χ1) is 8.19. The minimum Gasteiger partial charge on any atom is -0.374 e. The zero-order valence-corrected chi connectivity index (χ0v) is 10.4. The second kappa shape index (κ2) is 5.57. The van der Waals surface area contributed by atoms with Gasteiger partial charge in [0, 0.05) is 25.6 Å². The van der Waals surface area contributed by atoms with Crippen molar-refractivity contribution in [3.8, 4) is 0 Å². The van der Waals surface area contributed by atoms with Gasteiger partial charge in [-0.3, -0.25) is 4.90 Å². The molecular formula is C11H20N4O2. The second-order valence-electron chi connectivity index (χ2n) is 4.46. The average Bonchev–Trinajstić information content (AvgIpc) is 2.77. The standard InChI is InChI=1S/C11H20N4O2/c1-3-11-13-10(14-17-11)7-15-4-5-16-9(6-15)8(2)12/h8-9H,3-7,12H2,1-2H3. The largest absolute Gasteiger partial charge is 0.374 e. The lowest BCUT2D eigenvalue weighted by Crippen LogP contribution is -2.49. The summed E-state index contributed by atoms with van der Waals surface area (Å²) in [5.74, 6) is 1.43. The third-order valence-electron chi connectivity index (χ3n) is 2.94. The van der Waals surface area contributed by atoms with Gasteiger partial charge in [0.25, 0.3) is 0 Å². The Labute approximate surface area is 101 Å². The van der Waals surface area contributed by atoms with E-state index in [-0.39, 0.29) is 12.1 Å². The van der Waals surface area contributed by atoms with Crippen LogP contribution in [0.4, 0.5) is 0 Å². The van der Waals surface area contributed by atoms with Crippen LogP contribution in [0.25, 0.3) is 0 Å². The maximum Gasteiger partial charge on any atom is 0.226 e. The van der Waals surface area contributed by atoms with E-state index in [1.54, 1.807) is 0 Å². The number of ether oxygens (including phenoxy) is 1. The van der Waals surface area contributed by atoms with Crippen LogP contribution in [0.5, 0.6) is 0 Å². The number of nitrogens with two attached hydrogens (primary N) is 1. The zero-order valence-electron chi connectivity index (χ0n) is 10.4. The molecule has 6 heteroatoms. The molecule has 0 bridgehead atoms. The van der Waals surface area contributed by atoms with Crippen molar-refractivity contribution >= 4 is 0 Å². The Morgan fingerprint density at radius 2 is 2.41 bits per heavy atom. The van der Waals surface area contributed by atoms with Crippen molar-refractivity contribution in [1.29, 1.82) is 0 Å². The number of aromatic nitrogens is 2. The van der Waals surface area contributed by atoms with Gasteiger partial charge < -0.3 is 15.0 Å². The fourth-order valence-electron chi connectivity index (χ4n) is 1.89. The Morgan fingerprint density at radius 3 is 3.06 bits per heavy atom. The van der Waals surface area contributed by atoms with Crippen LogP contribution in [0, 0.1) is 0 Å². The number of rotatable bonds is 4. The number of hydrogen-bond donors (Lipinski definition) is 1. The van der Waals surface area contributed by atoms with Gasteiger partial charge in [-0.25, -0.2) is 0 Å². The smallest absolute Gasteiger partial charge is 0.226 e. The summed E-state index contributed by atoms with van der Waals surface area (Å²) in [4.78, 5) is 6.55. The van der Waals surface area contributed by atoms with Gasteiger partial charge in [0.1, 0.15) is 0 Å². The van der Waals surface area contributed by atoms with Crippen molar-refractivity contribution in [2.24, 2.45) is 5.73 Å². The van der Waals surface area contributed by atoms with E-state index in [1.807, 2.05) is 13.8 Å². The van der Waals surface area contributed by atoms with E-state index < -0.39 is 0 Å². The molecule has 96 valence electrons. The Balaban J connectivity index is 1.90. The van der Waals surface area contributed by atoms with Crippen LogP contribution in [0.3, 0.4) is 0 Å². The van der Waals surface area contributed by atoms with E-state index in [0.717, 1.165) is 25.3 Å². The quantitative estimate of drug-likeness (QED) is 0.809. The van der Waals surface area contributed by atoms with Gasteiger partial charge >= 0.3 is 0 Å². The van der Waals surface area contributed by atoms with Crippen molar-refractivity contribution in [3.05, 3.63) is 11.7 Å². The van der Waals surface area contributed by atoms with Gasteiger partial charge in [-0.05, 0) is 6.92 Å². The third kappa shape index (κ3) is 3.24. The summed E-state index contributed by atoms with van der Waals surface area (Å²) in [6.07, 6.45) is 0.875. The third-order valence-corrected chi connectivity index (χ3v) is 2.94. The van der Waals surface area contributed by atoms with Crippen LogP contribution in [-0.4, -0.2) is 46.9 Å². The molecule has 6 nitrogen and oxygen atoms in total. The summed E-state index contributed by atoms with van der Waals surface area (Å²) in [6, 6.07) is 0.0503. The fourth-order valence-corrected chi connectivity index (χ4v) is 1.89. The minimum absolute atomic E-state index is 0.0503. The van der Waals surface area contributed by atoms with Gasteiger partial charge in [-0.15, -0.1) is 0 Å². The van der Waals surface area contributed by atoms with Gasteiger partial charge in [0.2, 0.25) is 5.89 Å². The summed E-state index contributed by atoms with van der Waals surface area (Å²) in [6.45, 7) is 7.10. The summed E-state index contributed by atoms with van der Waals surface area (Å²) >= 11 is 0. The highest BCUT2D eigenvalue weighted by molar-refractivity contribution is 4.88. The molecular weight excluding hydrogens is 220 g/mol. The molecule has 0 radical (unpaired) electrons. The van der Waals surface area contributed by atoms with E-state index >= 15 is 0 Å². The second-order valence-corrected chi connectivity index (χ2v) is 4.46. The predicted octanol–water partition coefficient (Wildman–Crippen LogP) is 0.180. The Kier molecular flexibility index (Phi) is 4.09. The van der Waals surface area contributed by atoms with Crippen LogP contribution in [0.15, 0.2) is 4.52 Å². The lowest BCUT2D eigenvalue weighted by Gasteiger charge is -2.33. The minimum atomic E-state index is 0.0503. The highest BCUT2D eigenvalue weighted by atomic mass is 16.5. The topological polar surface area (TPSA) is 77.4 Å². The lowest BCUT2D eigenvalue weighted by atomic mass is 10.1. The molecule has 0 amide bonds. The molecule has 1 saturated heterocycles. The number of morpholine rings is 1. The van der Waals surface area contributed by atoms with Gasteiger partial charge in [0.15, 0.2) is 5.82 Å². The molecule has 1 aromatic heterocycles. The molecule has 1 aromatic rings. The lowest BCUT2D eigenvalue weighted by molar-refractivity contribution is -0.0411. The maximum absolute atomic E-state index is 5.85. The van der Waals surface area contributed by atoms with E-state index in [4.69, 9.17) is 15.0 Å². The first-order valence-electron chi connectivity index (χ1n) is 6.10. The van der Waals surface area contributed by atoms with Crippen LogP contribution in [0.2, 0.25) is 0 Å². The molecule has 0 spiro atoms. The monoisotopic (exact) mass is 240 g/mol. The Hall–Kier alpha value is -0.980. The predicted molar refractivity (Wildman–Crippen MR) is 62.3 cm³/mol. The summed E-state index contributed by atoms with van der Waals surface area (Å²) in [5, 5.41) is 3.95. The first-order valence-corrected chi connectivity index (χ1v) is 6.10. The zero-order chi connectivity index (χ0) is 12.3. The van der Waals surface area contributed by atoms with Crippen LogP contribution < -0.4 is 5.73 Å². The normalized spacial score (nSPS) is 23.8. The molecule has 0 aliphatic carbocycles. The number of nitrogens with zero attached hydrogens (tertiary/aromatic N) is 3. The molecule has 1 aliphatic rings. The van der Waals surface area contributed by atoms with E-state index in [2.05, 4.69) is 15.0 Å². The molecule has 2 N–H and O–H groups in total. The first kappa shape index (κ1) is 12.5. The molecule has 17 heavy (non-hydrogen) atoms. The van der Waals surface area contributed by atoms with E-state index in [1.165, 1.54) is 0 Å². The SMILES string of the molecule is CCc1nc(CN2CCOC(C(C)N)C2)no1. The summed E-state index contributed by atoms with van der Waals surface area (Å²) in [5.41, 5.74) is 5.85. The van der Waals surface area contributed by atoms with Crippen LogP contribution in [0.1, 0.15) is 25.6 Å². The molecule has 1 fully saturated rings. The van der Waals surface area contributed by atoms with Crippen molar-refractivity contribution in [3.63, 3.8) is 0 Å². The molecule has 2 unspecified atom stereocenters. The van der Waals surface area contributed by atoms with Crippen molar-refractivity contribution in [1.82, 2.24) is 15.0 Å². The fraction of sp³-hybridized carbons (Fsp3) is 0.818. The molecule has 2 heterocycles. The number of hydrogen-bond acceptors (Lipinski definition) is 6. The Morgan fingerprint density at radius 1 is 1.59 bits per heavy atom. The van der Waals surface area contributed by atoms with Gasteiger partial charge in [-0.2, -0.15) is 4.98 Å².